The molecule has 2 amide bonds. The molecule has 3 rings (SSSR count). The summed E-state index contributed by atoms with van der Waals surface area (Å²) in [6, 6.07) is 19.2. The summed E-state index contributed by atoms with van der Waals surface area (Å²) < 4.78 is 5.17. The third-order valence-electron chi connectivity index (χ3n) is 4.50. The Morgan fingerprint density at radius 1 is 0.938 bits per heavy atom. The molecule has 1 atom stereocenters. The molecule has 0 heterocycles. The lowest BCUT2D eigenvalue weighted by Crippen LogP contribution is -2.24. The first-order valence-electron chi connectivity index (χ1n) is 9.87. The lowest BCUT2D eigenvalue weighted by molar-refractivity contribution is -0.115. The molecular weight excluding hydrogens is 467 g/mol. The van der Waals surface area contributed by atoms with Crippen LogP contribution in [0.3, 0.4) is 0 Å². The van der Waals surface area contributed by atoms with Crippen LogP contribution in [0.2, 0.25) is 10.0 Å². The molecule has 166 valence electrons. The third-order valence-corrected chi connectivity index (χ3v) is 6.29. The zero-order valence-electron chi connectivity index (χ0n) is 17.5. The van der Waals surface area contributed by atoms with Gasteiger partial charge in [-0.1, -0.05) is 42.3 Å². The molecule has 1 unspecified atom stereocenters. The van der Waals surface area contributed by atoms with Crippen LogP contribution in [0, 0.1) is 0 Å². The van der Waals surface area contributed by atoms with E-state index in [1.165, 1.54) is 11.8 Å². The van der Waals surface area contributed by atoms with Crippen LogP contribution in [0.25, 0.3) is 0 Å². The zero-order chi connectivity index (χ0) is 23.1. The highest BCUT2D eigenvalue weighted by Gasteiger charge is 2.19. The van der Waals surface area contributed by atoms with Crippen LogP contribution in [0.1, 0.15) is 23.7 Å². The molecule has 5 nitrogen and oxygen atoms in total. The molecule has 3 aromatic rings. The van der Waals surface area contributed by atoms with Gasteiger partial charge in [-0.3, -0.25) is 9.59 Å². The monoisotopic (exact) mass is 488 g/mol. The number of methoxy groups -OCH3 is 1. The molecule has 0 fully saturated rings. The highest BCUT2D eigenvalue weighted by Crippen LogP contribution is 2.30. The molecule has 0 bridgehead atoms. The van der Waals surface area contributed by atoms with Gasteiger partial charge in [0.05, 0.1) is 12.4 Å². The molecule has 0 aliphatic carbocycles. The third kappa shape index (κ3) is 6.66. The number of hydrogen-bond acceptors (Lipinski definition) is 4. The van der Waals surface area contributed by atoms with Crippen molar-refractivity contribution in [3.05, 3.63) is 82.3 Å². The predicted octanol–water partition coefficient (Wildman–Crippen LogP) is 6.76. The van der Waals surface area contributed by atoms with Crippen LogP contribution in [-0.4, -0.2) is 24.2 Å². The van der Waals surface area contributed by atoms with Gasteiger partial charge >= 0.3 is 0 Å². The number of nitrogens with one attached hydrogen (secondary N) is 2. The Labute approximate surface area is 201 Å². The van der Waals surface area contributed by atoms with E-state index >= 15 is 0 Å². The number of carbonyl (C=O) groups is 2. The summed E-state index contributed by atoms with van der Waals surface area (Å²) in [5.41, 5.74) is 1.68. The van der Waals surface area contributed by atoms with Gasteiger partial charge < -0.3 is 15.4 Å². The number of anilines is 2. The van der Waals surface area contributed by atoms with Crippen molar-refractivity contribution in [2.75, 3.05) is 17.7 Å². The molecule has 0 aliphatic heterocycles. The molecule has 0 radical (unpaired) electrons. The zero-order valence-corrected chi connectivity index (χ0v) is 19.9. The fraction of sp³-hybridized carbons (Fsp3) is 0.167. The van der Waals surface area contributed by atoms with Gasteiger partial charge in [0.25, 0.3) is 5.91 Å². The number of benzene rings is 3. The van der Waals surface area contributed by atoms with Gasteiger partial charge in [0.1, 0.15) is 5.75 Å². The van der Waals surface area contributed by atoms with Gasteiger partial charge in [0.15, 0.2) is 0 Å². The number of halogens is 2. The van der Waals surface area contributed by atoms with E-state index in [9.17, 15) is 9.59 Å². The minimum atomic E-state index is -0.336. The fourth-order valence-electron chi connectivity index (χ4n) is 2.95. The van der Waals surface area contributed by atoms with Crippen molar-refractivity contribution in [3.8, 4) is 5.75 Å². The maximum Gasteiger partial charge on any atom is 0.255 e. The van der Waals surface area contributed by atoms with E-state index in [0.29, 0.717) is 39.2 Å². The number of ether oxygens (including phenoxy) is 1. The lowest BCUT2D eigenvalue weighted by Gasteiger charge is -2.16. The van der Waals surface area contributed by atoms with E-state index in [0.717, 1.165) is 4.90 Å². The van der Waals surface area contributed by atoms with Crippen LogP contribution >= 0.6 is 35.0 Å². The van der Waals surface area contributed by atoms with Crippen molar-refractivity contribution in [2.45, 2.75) is 23.5 Å². The number of hydrogen-bond donors (Lipinski definition) is 2. The first-order valence-corrected chi connectivity index (χ1v) is 11.5. The topological polar surface area (TPSA) is 67.4 Å². The molecule has 0 aliphatic rings. The highest BCUT2D eigenvalue weighted by molar-refractivity contribution is 8.00. The SMILES string of the molecule is CCC(Sc1cccc(NC(=O)c2cccc(OC)c2)c1)C(=O)Nc1cc(Cl)cc(Cl)c1. The van der Waals surface area contributed by atoms with Gasteiger partial charge in [-0.05, 0) is 61.0 Å². The average molecular weight is 489 g/mol. The van der Waals surface area contributed by atoms with E-state index in [4.69, 9.17) is 27.9 Å². The molecule has 8 heteroatoms. The van der Waals surface area contributed by atoms with Crippen molar-refractivity contribution in [1.82, 2.24) is 0 Å². The van der Waals surface area contributed by atoms with Crippen molar-refractivity contribution in [3.63, 3.8) is 0 Å². The first-order chi connectivity index (χ1) is 15.4. The number of amides is 2. The second kappa shape index (κ2) is 11.3. The summed E-state index contributed by atoms with van der Waals surface area (Å²) in [7, 11) is 1.55. The number of thioether (sulfide) groups is 1. The van der Waals surface area contributed by atoms with Crippen molar-refractivity contribution >= 4 is 58.2 Å². The maximum absolute atomic E-state index is 12.8. The van der Waals surface area contributed by atoms with Crippen molar-refractivity contribution in [2.24, 2.45) is 0 Å². The average Bonchev–Trinajstić information content (AvgIpc) is 2.77. The van der Waals surface area contributed by atoms with Gasteiger partial charge in [0, 0.05) is 31.9 Å². The van der Waals surface area contributed by atoms with E-state index in [-0.39, 0.29) is 17.1 Å². The Morgan fingerprint density at radius 2 is 1.66 bits per heavy atom. The molecule has 32 heavy (non-hydrogen) atoms. The molecule has 3 aromatic carbocycles. The Morgan fingerprint density at radius 3 is 2.34 bits per heavy atom. The first kappa shape index (κ1) is 24.0. The van der Waals surface area contributed by atoms with Crippen LogP contribution in [0.15, 0.2) is 71.6 Å². The normalized spacial score (nSPS) is 11.5. The smallest absolute Gasteiger partial charge is 0.255 e. The van der Waals surface area contributed by atoms with Gasteiger partial charge in [-0.2, -0.15) is 0 Å². The molecule has 0 spiro atoms. The van der Waals surface area contributed by atoms with Gasteiger partial charge in [-0.15, -0.1) is 11.8 Å². The van der Waals surface area contributed by atoms with Crippen LogP contribution < -0.4 is 15.4 Å². The fourth-order valence-corrected chi connectivity index (χ4v) is 4.49. The minimum Gasteiger partial charge on any atom is -0.497 e. The lowest BCUT2D eigenvalue weighted by atomic mass is 10.2. The molecule has 0 saturated heterocycles. The Bertz CT molecular complexity index is 1100. The number of carbonyl (C=O) groups excluding carboxylic acids is 2. The summed E-state index contributed by atoms with van der Waals surface area (Å²) in [5.74, 6) is 0.218. The summed E-state index contributed by atoms with van der Waals surface area (Å²) in [6.45, 7) is 1.94. The standard InChI is InChI=1S/C24H22Cl2N2O3S/c1-3-22(24(30)28-19-12-16(25)11-17(26)13-19)32-21-9-5-7-18(14-21)27-23(29)15-6-4-8-20(10-15)31-2/h4-14,22H,3H2,1-2H3,(H,27,29)(H,28,30). The Hall–Kier alpha value is -2.67. The van der Waals surface area contributed by atoms with Crippen LogP contribution in [0.5, 0.6) is 5.75 Å². The van der Waals surface area contributed by atoms with Gasteiger partial charge in [0.2, 0.25) is 5.91 Å². The van der Waals surface area contributed by atoms with Crippen LogP contribution in [-0.2, 0) is 4.79 Å². The summed E-state index contributed by atoms with van der Waals surface area (Å²) in [5, 5.41) is 6.32. The largest absolute Gasteiger partial charge is 0.497 e. The Balaban J connectivity index is 1.67. The minimum absolute atomic E-state index is 0.151. The molecule has 0 aromatic heterocycles. The summed E-state index contributed by atoms with van der Waals surface area (Å²) in [4.78, 5) is 26.2. The second-order valence-corrected chi connectivity index (χ2v) is 9.03. The molecule has 0 saturated carbocycles. The van der Waals surface area contributed by atoms with E-state index < -0.39 is 0 Å². The molecule has 2 N–H and O–H groups in total. The second-order valence-electron chi connectivity index (χ2n) is 6.88. The maximum atomic E-state index is 12.8. The number of rotatable bonds is 8. The summed E-state index contributed by atoms with van der Waals surface area (Å²) >= 11 is 13.4. The molecular formula is C24H22Cl2N2O3S. The van der Waals surface area contributed by atoms with E-state index in [1.54, 1.807) is 55.6 Å². The van der Waals surface area contributed by atoms with Crippen LogP contribution in [0.4, 0.5) is 11.4 Å². The quantitative estimate of drug-likeness (QED) is 0.343. The summed E-state index contributed by atoms with van der Waals surface area (Å²) in [6.07, 6.45) is 0.616. The van der Waals surface area contributed by atoms with Crippen molar-refractivity contribution in [1.29, 1.82) is 0 Å². The van der Waals surface area contributed by atoms with E-state index in [2.05, 4.69) is 10.6 Å². The van der Waals surface area contributed by atoms with E-state index in [1.807, 2.05) is 25.1 Å². The highest BCUT2D eigenvalue weighted by atomic mass is 35.5. The predicted molar refractivity (Wildman–Crippen MR) is 132 cm³/mol. The van der Waals surface area contributed by atoms with Gasteiger partial charge in [-0.25, -0.2) is 0 Å². The Kier molecular flexibility index (Phi) is 8.45. The van der Waals surface area contributed by atoms with Crippen molar-refractivity contribution < 1.29 is 14.3 Å².